The fourth-order valence-corrected chi connectivity index (χ4v) is 6.04. The highest BCUT2D eigenvalue weighted by atomic mass is 32.2. The molecule has 3 heterocycles. The zero-order valence-electron chi connectivity index (χ0n) is 15.9. The Morgan fingerprint density at radius 1 is 1.37 bits per heavy atom. The number of ether oxygens (including phenoxy) is 1. The second kappa shape index (κ2) is 7.44. The van der Waals surface area contributed by atoms with Crippen LogP contribution in [-0.2, 0) is 19.1 Å². The molecule has 0 aromatic carbocycles. The van der Waals surface area contributed by atoms with E-state index in [2.05, 4.69) is 0 Å². The zero-order valence-corrected chi connectivity index (χ0v) is 16.7. The van der Waals surface area contributed by atoms with E-state index < -0.39 is 18.0 Å². The van der Waals surface area contributed by atoms with Crippen molar-refractivity contribution in [3.63, 3.8) is 0 Å². The lowest BCUT2D eigenvalue weighted by molar-refractivity contribution is -0.163. The molecule has 2 N–H and O–H groups in total. The summed E-state index contributed by atoms with van der Waals surface area (Å²) in [6.07, 6.45) is -0.243. The lowest BCUT2D eigenvalue weighted by Gasteiger charge is -2.46. The minimum Gasteiger partial charge on any atom is -0.477 e. The normalized spacial score (nSPS) is 34.4. The van der Waals surface area contributed by atoms with E-state index in [1.807, 2.05) is 6.92 Å². The topological polar surface area (TPSA) is 107 Å². The Bertz CT molecular complexity index is 693. The van der Waals surface area contributed by atoms with E-state index in [9.17, 15) is 24.6 Å². The van der Waals surface area contributed by atoms with Gasteiger partial charge in [0.2, 0.25) is 11.8 Å². The summed E-state index contributed by atoms with van der Waals surface area (Å²) in [4.78, 5) is 39.8. The summed E-state index contributed by atoms with van der Waals surface area (Å²) in [5.41, 5.74) is 0.00852. The summed E-state index contributed by atoms with van der Waals surface area (Å²) in [6.45, 7) is 6.06. The number of aliphatic hydroxyl groups excluding tert-OH is 1. The first-order chi connectivity index (χ1) is 12.7. The van der Waals surface area contributed by atoms with Crippen LogP contribution in [-0.4, -0.2) is 81.5 Å². The monoisotopic (exact) mass is 398 g/mol. The molecule has 3 rings (SSSR count). The number of fused-ring (bicyclic) bond motifs is 1. The second-order valence-corrected chi connectivity index (χ2v) is 8.74. The predicted octanol–water partition coefficient (Wildman–Crippen LogP) is 0.509. The molecular formula is C18H26N2O6S. The summed E-state index contributed by atoms with van der Waals surface area (Å²) in [7, 11) is 1.62. The minimum atomic E-state index is -1.14. The van der Waals surface area contributed by atoms with Gasteiger partial charge in [-0.1, -0.05) is 6.92 Å². The summed E-state index contributed by atoms with van der Waals surface area (Å²) < 4.78 is 5.57. The lowest BCUT2D eigenvalue weighted by Crippen LogP contribution is -2.63. The molecule has 8 nitrogen and oxygen atoms in total. The number of likely N-dealkylation sites (tertiary alicyclic amines) is 1. The van der Waals surface area contributed by atoms with Gasteiger partial charge in [-0.2, -0.15) is 0 Å². The first-order valence-electron chi connectivity index (χ1n) is 9.12. The van der Waals surface area contributed by atoms with Crippen molar-refractivity contribution < 1.29 is 29.3 Å². The Hall–Kier alpha value is -1.58. The Balaban J connectivity index is 1.89. The van der Waals surface area contributed by atoms with Gasteiger partial charge in [-0.15, -0.1) is 11.8 Å². The highest BCUT2D eigenvalue weighted by Crippen LogP contribution is 2.52. The number of piperidine rings is 1. The van der Waals surface area contributed by atoms with Gasteiger partial charge in [0.15, 0.2) is 0 Å². The molecule has 27 heavy (non-hydrogen) atoms. The maximum Gasteiger partial charge on any atom is 0.353 e. The molecular weight excluding hydrogens is 372 g/mol. The average Bonchev–Trinajstić information content (AvgIpc) is 2.83. The second-order valence-electron chi connectivity index (χ2n) is 7.46. The summed E-state index contributed by atoms with van der Waals surface area (Å²) in [5, 5.41) is 19.6. The Labute approximate surface area is 162 Å². The van der Waals surface area contributed by atoms with Crippen LogP contribution >= 0.6 is 11.8 Å². The van der Waals surface area contributed by atoms with Gasteiger partial charge in [-0.25, -0.2) is 4.79 Å². The summed E-state index contributed by atoms with van der Waals surface area (Å²) in [5.74, 6) is -2.27. The molecule has 3 aliphatic rings. The molecule has 9 heteroatoms. The predicted molar refractivity (Wildman–Crippen MR) is 98.7 cm³/mol. The molecule has 0 spiro atoms. The van der Waals surface area contributed by atoms with Gasteiger partial charge in [-0.05, 0) is 13.3 Å². The van der Waals surface area contributed by atoms with E-state index in [1.54, 1.807) is 18.9 Å². The number of rotatable bonds is 5. The molecule has 2 fully saturated rings. The van der Waals surface area contributed by atoms with Crippen LogP contribution in [0.3, 0.4) is 0 Å². The van der Waals surface area contributed by atoms with Gasteiger partial charge in [0.1, 0.15) is 5.70 Å². The molecule has 0 aromatic heterocycles. The average molecular weight is 398 g/mol. The van der Waals surface area contributed by atoms with Crippen LogP contribution in [0, 0.1) is 11.8 Å². The molecule has 6 atom stereocenters. The SMILES string of the molecule is COC1CCN(C(C)=O)CC1SC1=C(C(=O)O)N2C(=O)C(C(C)O)[C@H]2C1C. The summed E-state index contributed by atoms with van der Waals surface area (Å²) >= 11 is 1.39. The first-order valence-corrected chi connectivity index (χ1v) is 10.0. The van der Waals surface area contributed by atoms with Crippen LogP contribution in [0.25, 0.3) is 0 Å². The number of β-lactam (4-membered cyclic amide) rings is 1. The molecule has 150 valence electrons. The fraction of sp³-hybridized carbons (Fsp3) is 0.722. The molecule has 0 aliphatic carbocycles. The number of carboxylic acids is 1. The highest BCUT2D eigenvalue weighted by molar-refractivity contribution is 8.03. The van der Waals surface area contributed by atoms with Gasteiger partial charge in [0.05, 0.1) is 29.4 Å². The molecule has 0 radical (unpaired) electrons. The lowest BCUT2D eigenvalue weighted by atomic mass is 9.79. The van der Waals surface area contributed by atoms with Gasteiger partial charge < -0.3 is 24.7 Å². The first kappa shape index (κ1) is 20.2. The van der Waals surface area contributed by atoms with Gasteiger partial charge in [-0.3, -0.25) is 9.59 Å². The van der Waals surface area contributed by atoms with E-state index in [1.165, 1.54) is 23.6 Å². The number of thioether (sulfide) groups is 1. The Morgan fingerprint density at radius 2 is 2.04 bits per heavy atom. The third-order valence-corrected chi connectivity index (χ3v) is 7.41. The Morgan fingerprint density at radius 3 is 2.56 bits per heavy atom. The van der Waals surface area contributed by atoms with Crippen LogP contribution < -0.4 is 0 Å². The van der Waals surface area contributed by atoms with E-state index in [4.69, 9.17) is 4.74 Å². The molecule has 0 aromatic rings. The molecule has 0 saturated carbocycles. The van der Waals surface area contributed by atoms with Crippen LogP contribution in [0.1, 0.15) is 27.2 Å². The number of carbonyl (C=O) groups excluding carboxylic acids is 2. The van der Waals surface area contributed by atoms with Crippen molar-refractivity contribution >= 4 is 29.5 Å². The van der Waals surface area contributed by atoms with Crippen molar-refractivity contribution in [3.05, 3.63) is 10.6 Å². The standard InChI is InChI=1S/C18H26N2O6S/c1-8-14-13(9(2)21)17(23)20(14)15(18(24)25)16(8)27-12-7-19(10(3)22)6-5-11(12)26-4/h8-9,11-14,21H,5-7H2,1-4H3,(H,24,25)/t8?,9?,11?,12?,13?,14-/m1/s1. The van der Waals surface area contributed by atoms with Crippen LogP contribution in [0.5, 0.6) is 0 Å². The molecule has 5 unspecified atom stereocenters. The van der Waals surface area contributed by atoms with Crippen LogP contribution in [0.2, 0.25) is 0 Å². The van der Waals surface area contributed by atoms with E-state index in [0.717, 1.165) is 0 Å². The molecule has 2 amide bonds. The third kappa shape index (κ3) is 3.25. The number of hydrogen-bond acceptors (Lipinski definition) is 6. The number of aliphatic hydroxyl groups is 1. The molecule has 0 bridgehead atoms. The fourth-order valence-electron chi connectivity index (χ4n) is 4.41. The van der Waals surface area contributed by atoms with Crippen molar-refractivity contribution in [3.8, 4) is 0 Å². The number of methoxy groups -OCH3 is 1. The number of carboxylic acid groups (broad SMARTS) is 1. The number of aliphatic carboxylic acids is 1. The van der Waals surface area contributed by atoms with Crippen molar-refractivity contribution in [1.29, 1.82) is 0 Å². The number of carbonyl (C=O) groups is 3. The summed E-state index contributed by atoms with van der Waals surface area (Å²) in [6, 6.07) is -0.334. The number of nitrogens with zero attached hydrogens (tertiary/aromatic N) is 2. The minimum absolute atomic E-state index is 0.00852. The maximum absolute atomic E-state index is 12.4. The Kier molecular flexibility index (Phi) is 5.56. The molecule has 3 aliphatic heterocycles. The van der Waals surface area contributed by atoms with Crippen molar-refractivity contribution in [2.75, 3.05) is 20.2 Å². The van der Waals surface area contributed by atoms with Gasteiger partial charge in [0.25, 0.3) is 0 Å². The number of amides is 2. The van der Waals surface area contributed by atoms with E-state index in [-0.39, 0.29) is 40.8 Å². The van der Waals surface area contributed by atoms with E-state index >= 15 is 0 Å². The zero-order chi connectivity index (χ0) is 20.0. The third-order valence-electron chi connectivity index (χ3n) is 5.84. The van der Waals surface area contributed by atoms with Crippen molar-refractivity contribution in [2.24, 2.45) is 11.8 Å². The molecule has 2 saturated heterocycles. The van der Waals surface area contributed by atoms with Crippen LogP contribution in [0.15, 0.2) is 10.6 Å². The van der Waals surface area contributed by atoms with E-state index in [0.29, 0.717) is 24.4 Å². The number of hydrogen-bond donors (Lipinski definition) is 2. The smallest absolute Gasteiger partial charge is 0.353 e. The maximum atomic E-state index is 12.4. The van der Waals surface area contributed by atoms with Crippen molar-refractivity contribution in [2.45, 2.75) is 50.7 Å². The van der Waals surface area contributed by atoms with Gasteiger partial charge >= 0.3 is 5.97 Å². The highest BCUT2D eigenvalue weighted by Gasteiger charge is 2.60. The van der Waals surface area contributed by atoms with Gasteiger partial charge in [0, 0.05) is 37.9 Å². The van der Waals surface area contributed by atoms with Crippen LogP contribution in [0.4, 0.5) is 0 Å². The quantitative estimate of drug-likeness (QED) is 0.650. The van der Waals surface area contributed by atoms with Crippen molar-refractivity contribution in [1.82, 2.24) is 9.80 Å². The largest absolute Gasteiger partial charge is 0.477 e.